The monoisotopic (exact) mass is 311 g/mol. The van der Waals surface area contributed by atoms with E-state index < -0.39 is 0 Å². The Balaban J connectivity index is 1.88. The Hall–Kier alpha value is -1.52. The predicted molar refractivity (Wildman–Crippen MR) is 79.8 cm³/mol. The Morgan fingerprint density at radius 2 is 2.20 bits per heavy atom. The molecule has 0 radical (unpaired) electrons. The number of aromatic amines is 1. The molecule has 4 nitrogen and oxygen atoms in total. The molecule has 1 amide bonds. The summed E-state index contributed by atoms with van der Waals surface area (Å²) in [5.41, 5.74) is 0.927. The van der Waals surface area contributed by atoms with Gasteiger partial charge in [-0.3, -0.25) is 4.79 Å². The van der Waals surface area contributed by atoms with E-state index in [2.05, 4.69) is 9.97 Å². The molecule has 0 saturated heterocycles. The standard InChI is InChI=1S/C14H15Cl2N3O/c1-19(9-13-17-6-7-18-13)14(20)5-3-10-2-4-11(15)8-12(10)16/h2,4,6-8H,3,5,9H2,1H3,(H,17,18). The van der Waals surface area contributed by atoms with E-state index in [0.29, 0.717) is 29.4 Å². The lowest BCUT2D eigenvalue weighted by Crippen LogP contribution is -2.26. The number of imidazole rings is 1. The molecule has 0 spiro atoms. The summed E-state index contributed by atoms with van der Waals surface area (Å²) >= 11 is 11.9. The van der Waals surface area contributed by atoms with Crippen molar-refractivity contribution < 1.29 is 4.79 Å². The van der Waals surface area contributed by atoms with Gasteiger partial charge >= 0.3 is 0 Å². The van der Waals surface area contributed by atoms with Crippen molar-refractivity contribution in [2.75, 3.05) is 7.05 Å². The molecule has 2 aromatic rings. The summed E-state index contributed by atoms with van der Waals surface area (Å²) in [6.07, 6.45) is 4.40. The molecule has 2 rings (SSSR count). The Morgan fingerprint density at radius 1 is 1.40 bits per heavy atom. The van der Waals surface area contributed by atoms with Crippen molar-refractivity contribution in [1.29, 1.82) is 0 Å². The second-order valence-corrected chi connectivity index (χ2v) is 5.37. The molecule has 106 valence electrons. The van der Waals surface area contributed by atoms with Gasteiger partial charge in [-0.05, 0) is 24.1 Å². The number of carbonyl (C=O) groups excluding carboxylic acids is 1. The minimum atomic E-state index is 0.0485. The van der Waals surface area contributed by atoms with Crippen LogP contribution in [0.1, 0.15) is 17.8 Å². The van der Waals surface area contributed by atoms with Gasteiger partial charge in [0.15, 0.2) is 0 Å². The Bertz CT molecular complexity index is 584. The van der Waals surface area contributed by atoms with Crippen LogP contribution in [0.15, 0.2) is 30.6 Å². The summed E-state index contributed by atoms with van der Waals surface area (Å²) in [7, 11) is 1.76. The van der Waals surface area contributed by atoms with E-state index in [4.69, 9.17) is 23.2 Å². The number of carbonyl (C=O) groups is 1. The van der Waals surface area contributed by atoms with Gasteiger partial charge in [0.25, 0.3) is 0 Å². The molecule has 20 heavy (non-hydrogen) atoms. The number of amides is 1. The fourth-order valence-corrected chi connectivity index (χ4v) is 2.36. The van der Waals surface area contributed by atoms with Crippen LogP contribution in [-0.2, 0) is 17.8 Å². The fourth-order valence-electron chi connectivity index (χ4n) is 1.85. The third-order valence-electron chi connectivity index (χ3n) is 2.99. The largest absolute Gasteiger partial charge is 0.347 e. The second-order valence-electron chi connectivity index (χ2n) is 4.52. The van der Waals surface area contributed by atoms with Gasteiger partial charge in [0.2, 0.25) is 5.91 Å². The molecule has 0 aliphatic carbocycles. The van der Waals surface area contributed by atoms with Gasteiger partial charge in [-0.1, -0.05) is 29.3 Å². The maximum atomic E-state index is 12.0. The van der Waals surface area contributed by atoms with E-state index in [0.717, 1.165) is 11.4 Å². The molecule has 1 aromatic carbocycles. The maximum Gasteiger partial charge on any atom is 0.223 e. The second kappa shape index (κ2) is 6.77. The van der Waals surface area contributed by atoms with Crippen molar-refractivity contribution in [3.05, 3.63) is 52.0 Å². The molecule has 1 N–H and O–H groups in total. The first-order valence-corrected chi connectivity index (χ1v) is 6.98. The highest BCUT2D eigenvalue weighted by Crippen LogP contribution is 2.22. The Morgan fingerprint density at radius 3 is 2.85 bits per heavy atom. The zero-order valence-corrected chi connectivity index (χ0v) is 12.6. The highest BCUT2D eigenvalue weighted by molar-refractivity contribution is 6.35. The Kier molecular flexibility index (Phi) is 5.04. The van der Waals surface area contributed by atoms with E-state index in [1.807, 2.05) is 6.07 Å². The lowest BCUT2D eigenvalue weighted by molar-refractivity contribution is -0.130. The van der Waals surface area contributed by atoms with Crippen molar-refractivity contribution >= 4 is 29.1 Å². The third kappa shape index (κ3) is 3.99. The predicted octanol–water partition coefficient (Wildman–Crippen LogP) is 3.31. The molecule has 0 aliphatic heterocycles. The molecular formula is C14H15Cl2N3O. The lowest BCUT2D eigenvalue weighted by Gasteiger charge is -2.16. The zero-order valence-electron chi connectivity index (χ0n) is 11.1. The van der Waals surface area contributed by atoms with Gasteiger partial charge < -0.3 is 9.88 Å². The van der Waals surface area contributed by atoms with E-state index in [-0.39, 0.29) is 5.91 Å². The van der Waals surface area contributed by atoms with Crippen molar-refractivity contribution in [1.82, 2.24) is 14.9 Å². The fraction of sp³-hybridized carbons (Fsp3) is 0.286. The van der Waals surface area contributed by atoms with Crippen LogP contribution >= 0.6 is 23.2 Å². The number of hydrogen-bond donors (Lipinski definition) is 1. The van der Waals surface area contributed by atoms with Crippen LogP contribution in [0.4, 0.5) is 0 Å². The van der Waals surface area contributed by atoms with Crippen LogP contribution in [0.3, 0.4) is 0 Å². The number of hydrogen-bond acceptors (Lipinski definition) is 2. The molecule has 0 fully saturated rings. The summed E-state index contributed by atoms with van der Waals surface area (Å²) in [6.45, 7) is 0.472. The van der Waals surface area contributed by atoms with Crippen LogP contribution in [0.25, 0.3) is 0 Å². The van der Waals surface area contributed by atoms with Crippen LogP contribution in [0, 0.1) is 0 Å². The average Bonchev–Trinajstić information content (AvgIpc) is 2.90. The van der Waals surface area contributed by atoms with E-state index in [1.54, 1.807) is 36.5 Å². The van der Waals surface area contributed by atoms with E-state index in [1.165, 1.54) is 0 Å². The van der Waals surface area contributed by atoms with Gasteiger partial charge in [-0.2, -0.15) is 0 Å². The van der Waals surface area contributed by atoms with Gasteiger partial charge in [0.05, 0.1) is 6.54 Å². The number of benzene rings is 1. The minimum absolute atomic E-state index is 0.0485. The van der Waals surface area contributed by atoms with Gasteiger partial charge in [0, 0.05) is 35.9 Å². The summed E-state index contributed by atoms with van der Waals surface area (Å²) in [5, 5.41) is 1.19. The van der Waals surface area contributed by atoms with E-state index >= 15 is 0 Å². The van der Waals surface area contributed by atoms with Crippen molar-refractivity contribution in [3.8, 4) is 0 Å². The summed E-state index contributed by atoms with van der Waals surface area (Å²) < 4.78 is 0. The van der Waals surface area contributed by atoms with Crippen molar-refractivity contribution in [2.24, 2.45) is 0 Å². The van der Waals surface area contributed by atoms with Crippen LogP contribution in [0.5, 0.6) is 0 Å². The number of rotatable bonds is 5. The number of H-pyrrole nitrogens is 1. The molecule has 1 heterocycles. The van der Waals surface area contributed by atoms with Crippen molar-refractivity contribution in [2.45, 2.75) is 19.4 Å². The first kappa shape index (κ1) is 14.9. The minimum Gasteiger partial charge on any atom is -0.347 e. The normalized spacial score (nSPS) is 10.6. The summed E-state index contributed by atoms with van der Waals surface area (Å²) in [5.74, 6) is 0.817. The highest BCUT2D eigenvalue weighted by Gasteiger charge is 2.11. The lowest BCUT2D eigenvalue weighted by atomic mass is 10.1. The number of aryl methyl sites for hydroxylation is 1. The first-order valence-electron chi connectivity index (χ1n) is 6.22. The molecule has 0 aliphatic rings. The average molecular weight is 312 g/mol. The molecule has 0 saturated carbocycles. The molecule has 1 aromatic heterocycles. The van der Waals surface area contributed by atoms with E-state index in [9.17, 15) is 4.79 Å². The Labute approximate surface area is 127 Å². The molecule has 0 atom stereocenters. The summed E-state index contributed by atoms with van der Waals surface area (Å²) in [4.78, 5) is 20.7. The number of halogens is 2. The topological polar surface area (TPSA) is 49.0 Å². The first-order chi connectivity index (χ1) is 9.56. The number of aromatic nitrogens is 2. The van der Waals surface area contributed by atoms with Gasteiger partial charge in [-0.25, -0.2) is 4.98 Å². The molecule has 0 bridgehead atoms. The molecular weight excluding hydrogens is 297 g/mol. The SMILES string of the molecule is CN(Cc1ncc[nH]1)C(=O)CCc1ccc(Cl)cc1Cl. The quantitative estimate of drug-likeness (QED) is 0.921. The zero-order chi connectivity index (χ0) is 14.5. The maximum absolute atomic E-state index is 12.0. The van der Waals surface area contributed by atoms with Crippen LogP contribution in [0.2, 0.25) is 10.0 Å². The smallest absolute Gasteiger partial charge is 0.223 e. The number of nitrogens with zero attached hydrogens (tertiary/aromatic N) is 2. The van der Waals surface area contributed by atoms with Crippen LogP contribution < -0.4 is 0 Å². The van der Waals surface area contributed by atoms with Crippen LogP contribution in [-0.4, -0.2) is 27.8 Å². The molecule has 0 unspecified atom stereocenters. The highest BCUT2D eigenvalue weighted by atomic mass is 35.5. The third-order valence-corrected chi connectivity index (χ3v) is 3.58. The van der Waals surface area contributed by atoms with Gasteiger partial charge in [-0.15, -0.1) is 0 Å². The van der Waals surface area contributed by atoms with Gasteiger partial charge in [0.1, 0.15) is 5.82 Å². The number of nitrogens with one attached hydrogen (secondary N) is 1. The molecule has 6 heteroatoms. The van der Waals surface area contributed by atoms with Crippen molar-refractivity contribution in [3.63, 3.8) is 0 Å². The summed E-state index contributed by atoms with van der Waals surface area (Å²) in [6, 6.07) is 5.32.